The fourth-order valence-electron chi connectivity index (χ4n) is 0.723. The Kier molecular flexibility index (Phi) is 5.76. The van der Waals surface area contributed by atoms with Gasteiger partial charge in [0.25, 0.3) is 0 Å². The lowest BCUT2D eigenvalue weighted by Crippen LogP contribution is -2.14. The van der Waals surface area contributed by atoms with E-state index in [1.807, 2.05) is 0 Å². The third-order valence-electron chi connectivity index (χ3n) is 1.38. The van der Waals surface area contributed by atoms with E-state index < -0.39 is 5.97 Å². The minimum Gasteiger partial charge on any atom is -0.478 e. The normalized spacial score (nSPS) is 10.8. The molecule has 0 bridgehead atoms. The third kappa shape index (κ3) is 4.53. The molecule has 0 rings (SSSR count). The predicted molar refractivity (Wildman–Crippen MR) is 47.7 cm³/mol. The van der Waals surface area contributed by atoms with Crippen LogP contribution in [0.1, 0.15) is 13.3 Å². The number of terminal acetylenes is 1. The maximum atomic E-state index is 10.5. The van der Waals surface area contributed by atoms with Gasteiger partial charge in [0.05, 0.1) is 6.54 Å². The molecule has 0 aliphatic carbocycles. The molecule has 0 spiro atoms. The van der Waals surface area contributed by atoms with Crippen LogP contribution in [0.15, 0.2) is 11.6 Å². The van der Waals surface area contributed by atoms with Crippen LogP contribution >= 0.6 is 0 Å². The van der Waals surface area contributed by atoms with E-state index >= 15 is 0 Å². The first-order valence-electron chi connectivity index (χ1n) is 3.78. The number of carbonyl (C=O) groups is 1. The van der Waals surface area contributed by atoms with Gasteiger partial charge in [-0.1, -0.05) is 18.9 Å². The molecule has 0 saturated heterocycles. The maximum Gasteiger partial charge on any atom is 0.331 e. The summed E-state index contributed by atoms with van der Waals surface area (Å²) in [5.41, 5.74) is 0.416. The number of aliphatic carboxylic acids is 1. The van der Waals surface area contributed by atoms with E-state index in [9.17, 15) is 4.79 Å². The van der Waals surface area contributed by atoms with Crippen LogP contribution in [0.3, 0.4) is 0 Å². The van der Waals surface area contributed by atoms with Crippen LogP contribution < -0.4 is 5.32 Å². The second-order valence-corrected chi connectivity index (χ2v) is 2.22. The Morgan fingerprint density at radius 1 is 1.75 bits per heavy atom. The summed E-state index contributed by atoms with van der Waals surface area (Å²) >= 11 is 0. The number of hydrogen-bond acceptors (Lipinski definition) is 2. The Morgan fingerprint density at radius 2 is 2.42 bits per heavy atom. The zero-order chi connectivity index (χ0) is 9.40. The van der Waals surface area contributed by atoms with Crippen molar-refractivity contribution in [2.24, 2.45) is 0 Å². The molecule has 0 aliphatic rings. The summed E-state index contributed by atoms with van der Waals surface area (Å²) in [5, 5.41) is 11.5. The van der Waals surface area contributed by atoms with Gasteiger partial charge in [0.2, 0.25) is 0 Å². The lowest BCUT2D eigenvalue weighted by atomic mass is 10.2. The van der Waals surface area contributed by atoms with E-state index in [0.29, 0.717) is 25.1 Å². The van der Waals surface area contributed by atoms with E-state index in [0.717, 1.165) is 0 Å². The summed E-state index contributed by atoms with van der Waals surface area (Å²) in [7, 11) is 0. The van der Waals surface area contributed by atoms with Crippen molar-refractivity contribution in [3.05, 3.63) is 11.6 Å². The minimum atomic E-state index is -0.861. The molecule has 0 aromatic heterocycles. The van der Waals surface area contributed by atoms with Gasteiger partial charge < -0.3 is 10.4 Å². The average molecular weight is 167 g/mol. The largest absolute Gasteiger partial charge is 0.478 e. The van der Waals surface area contributed by atoms with Crippen molar-refractivity contribution in [1.82, 2.24) is 5.32 Å². The highest BCUT2D eigenvalue weighted by molar-refractivity contribution is 5.86. The lowest BCUT2D eigenvalue weighted by molar-refractivity contribution is -0.132. The highest BCUT2D eigenvalue weighted by Crippen LogP contribution is 1.98. The summed E-state index contributed by atoms with van der Waals surface area (Å²) in [6, 6.07) is 0. The molecule has 0 heterocycles. The van der Waals surface area contributed by atoms with Crippen LogP contribution in [0.25, 0.3) is 0 Å². The molecule has 2 N–H and O–H groups in total. The minimum absolute atomic E-state index is 0.416. The van der Waals surface area contributed by atoms with Crippen LogP contribution in [-0.2, 0) is 4.79 Å². The molecule has 0 unspecified atom stereocenters. The van der Waals surface area contributed by atoms with Crippen molar-refractivity contribution >= 4 is 5.97 Å². The standard InChI is InChI=1S/C9H13NO2/c1-3-6-10-7-5-8(4-2)9(11)12/h1,5,10H,4,6-7H2,2H3,(H,11,12). The van der Waals surface area contributed by atoms with Gasteiger partial charge >= 0.3 is 5.97 Å². The van der Waals surface area contributed by atoms with Gasteiger partial charge in [0, 0.05) is 12.1 Å². The van der Waals surface area contributed by atoms with E-state index in [2.05, 4.69) is 11.2 Å². The van der Waals surface area contributed by atoms with Crippen molar-refractivity contribution in [1.29, 1.82) is 0 Å². The smallest absolute Gasteiger partial charge is 0.331 e. The fraction of sp³-hybridized carbons (Fsp3) is 0.444. The maximum absolute atomic E-state index is 10.5. The Morgan fingerprint density at radius 3 is 2.83 bits per heavy atom. The quantitative estimate of drug-likeness (QED) is 0.359. The Labute approximate surface area is 72.5 Å². The first-order chi connectivity index (χ1) is 5.72. The molecule has 0 amide bonds. The second-order valence-electron chi connectivity index (χ2n) is 2.22. The molecule has 0 fully saturated rings. The zero-order valence-electron chi connectivity index (χ0n) is 7.13. The topological polar surface area (TPSA) is 49.3 Å². The first kappa shape index (κ1) is 10.7. The molecule has 0 atom stereocenters. The molecule has 3 nitrogen and oxygen atoms in total. The van der Waals surface area contributed by atoms with Crippen molar-refractivity contribution in [2.45, 2.75) is 13.3 Å². The number of carboxylic acids is 1. The highest BCUT2D eigenvalue weighted by atomic mass is 16.4. The van der Waals surface area contributed by atoms with Gasteiger partial charge in [-0.15, -0.1) is 6.42 Å². The molecule has 0 radical (unpaired) electrons. The van der Waals surface area contributed by atoms with E-state index in [4.69, 9.17) is 11.5 Å². The van der Waals surface area contributed by atoms with Crippen LogP contribution in [-0.4, -0.2) is 24.2 Å². The number of hydrogen-bond donors (Lipinski definition) is 2. The Balaban J connectivity index is 3.80. The first-order valence-corrected chi connectivity index (χ1v) is 3.78. The van der Waals surface area contributed by atoms with Crippen LogP contribution in [0, 0.1) is 12.3 Å². The van der Waals surface area contributed by atoms with Crippen molar-refractivity contribution in [3.63, 3.8) is 0 Å². The Bertz CT molecular complexity index is 213. The molecule has 3 heteroatoms. The van der Waals surface area contributed by atoms with Crippen molar-refractivity contribution < 1.29 is 9.90 Å². The summed E-state index contributed by atoms with van der Waals surface area (Å²) in [6.07, 6.45) is 7.16. The van der Waals surface area contributed by atoms with Gasteiger partial charge in [-0.05, 0) is 6.42 Å². The number of rotatable bonds is 5. The molecular formula is C9H13NO2. The lowest BCUT2D eigenvalue weighted by Gasteiger charge is -1.97. The van der Waals surface area contributed by atoms with Gasteiger partial charge in [0.15, 0.2) is 0 Å². The van der Waals surface area contributed by atoms with Gasteiger partial charge in [-0.25, -0.2) is 4.79 Å². The van der Waals surface area contributed by atoms with E-state index in [1.54, 1.807) is 13.0 Å². The molecular weight excluding hydrogens is 154 g/mol. The number of carboxylic acid groups (broad SMARTS) is 1. The summed E-state index contributed by atoms with van der Waals surface area (Å²) in [4.78, 5) is 10.5. The summed E-state index contributed by atoms with van der Waals surface area (Å²) in [5.74, 6) is 1.54. The average Bonchev–Trinajstić information content (AvgIpc) is 2.04. The predicted octanol–water partition coefficient (Wildman–Crippen LogP) is 0.630. The van der Waals surface area contributed by atoms with Crippen LogP contribution in [0.4, 0.5) is 0 Å². The SMILES string of the molecule is C#CCNCC=C(CC)C(=O)O. The molecule has 12 heavy (non-hydrogen) atoms. The Hall–Kier alpha value is -1.27. The monoisotopic (exact) mass is 167 g/mol. The van der Waals surface area contributed by atoms with Crippen LogP contribution in [0.5, 0.6) is 0 Å². The molecule has 66 valence electrons. The molecule has 0 saturated carbocycles. The number of nitrogens with one attached hydrogen (secondary N) is 1. The van der Waals surface area contributed by atoms with Crippen molar-refractivity contribution in [2.75, 3.05) is 13.1 Å². The van der Waals surface area contributed by atoms with E-state index in [1.165, 1.54) is 0 Å². The molecule has 0 aliphatic heterocycles. The van der Waals surface area contributed by atoms with Gasteiger partial charge in [0.1, 0.15) is 0 Å². The zero-order valence-corrected chi connectivity index (χ0v) is 7.13. The van der Waals surface area contributed by atoms with E-state index in [-0.39, 0.29) is 0 Å². The van der Waals surface area contributed by atoms with Gasteiger partial charge in [-0.2, -0.15) is 0 Å². The summed E-state index contributed by atoms with van der Waals surface area (Å²) < 4.78 is 0. The highest BCUT2D eigenvalue weighted by Gasteiger charge is 2.01. The van der Waals surface area contributed by atoms with Crippen LogP contribution in [0.2, 0.25) is 0 Å². The van der Waals surface area contributed by atoms with Crippen molar-refractivity contribution in [3.8, 4) is 12.3 Å². The fourth-order valence-corrected chi connectivity index (χ4v) is 0.723. The van der Waals surface area contributed by atoms with Gasteiger partial charge in [-0.3, -0.25) is 0 Å². The second kappa shape index (κ2) is 6.44. The summed E-state index contributed by atoms with van der Waals surface area (Å²) in [6.45, 7) is 2.79. The molecule has 0 aromatic rings. The molecule has 0 aromatic carbocycles. The third-order valence-corrected chi connectivity index (χ3v) is 1.38.